The van der Waals surface area contributed by atoms with Gasteiger partial charge in [-0.25, -0.2) is 0 Å². The Bertz CT molecular complexity index is 451. The second kappa shape index (κ2) is 5.35. The number of benzene rings is 1. The molecule has 0 aliphatic carbocycles. The van der Waals surface area contributed by atoms with E-state index >= 15 is 0 Å². The summed E-state index contributed by atoms with van der Waals surface area (Å²) in [4.78, 5) is 11.9. The van der Waals surface area contributed by atoms with Crippen molar-refractivity contribution < 1.29 is 9.53 Å². The summed E-state index contributed by atoms with van der Waals surface area (Å²) in [6.07, 6.45) is 0.555. The average Bonchev–Trinajstić information content (AvgIpc) is 2.38. The molecule has 0 heterocycles. The van der Waals surface area contributed by atoms with Crippen LogP contribution >= 0.6 is 0 Å². The zero-order valence-electron chi connectivity index (χ0n) is 10.3. The van der Waals surface area contributed by atoms with E-state index in [4.69, 9.17) is 10.00 Å². The third kappa shape index (κ3) is 3.22. The molecule has 0 aliphatic heterocycles. The first-order valence-corrected chi connectivity index (χ1v) is 5.42. The number of carbonyl (C=O) groups excluding carboxylic acids is 1. The molecule has 0 aromatic heterocycles. The van der Waals surface area contributed by atoms with Gasteiger partial charge in [0, 0.05) is 5.56 Å². The van der Waals surface area contributed by atoms with Gasteiger partial charge in [0.25, 0.3) is 5.91 Å². The molecule has 90 valence electrons. The fourth-order valence-electron chi connectivity index (χ4n) is 1.28. The molecule has 0 radical (unpaired) electrons. The Morgan fingerprint density at radius 3 is 2.82 bits per heavy atom. The highest BCUT2D eigenvalue weighted by Crippen LogP contribution is 2.14. The standard InChI is InChI=1S/C13H16N2O2/c1-4-13(2,9-14)15-12(16)10-6-5-7-11(8-10)17-3/h5-8H,4H2,1-3H3,(H,15,16). The fraction of sp³-hybridized carbons (Fsp3) is 0.385. The van der Waals surface area contributed by atoms with Gasteiger partial charge in [-0.1, -0.05) is 13.0 Å². The zero-order chi connectivity index (χ0) is 12.9. The number of nitriles is 1. The molecule has 0 spiro atoms. The molecule has 4 nitrogen and oxygen atoms in total. The third-order valence-electron chi connectivity index (χ3n) is 2.68. The van der Waals surface area contributed by atoms with Crippen LogP contribution in [-0.2, 0) is 0 Å². The molecule has 1 unspecified atom stereocenters. The third-order valence-corrected chi connectivity index (χ3v) is 2.68. The van der Waals surface area contributed by atoms with Gasteiger partial charge in [0.2, 0.25) is 0 Å². The van der Waals surface area contributed by atoms with Gasteiger partial charge in [0.1, 0.15) is 11.3 Å². The van der Waals surface area contributed by atoms with Crippen molar-refractivity contribution >= 4 is 5.91 Å². The summed E-state index contributed by atoms with van der Waals surface area (Å²) in [5, 5.41) is 11.7. The van der Waals surface area contributed by atoms with Crippen molar-refractivity contribution in [3.63, 3.8) is 0 Å². The van der Waals surface area contributed by atoms with Crippen LogP contribution in [0, 0.1) is 11.3 Å². The number of nitrogens with one attached hydrogen (secondary N) is 1. The van der Waals surface area contributed by atoms with Crippen molar-refractivity contribution in [3.05, 3.63) is 29.8 Å². The van der Waals surface area contributed by atoms with E-state index in [1.807, 2.05) is 6.92 Å². The molecule has 1 rings (SSSR count). The second-order valence-corrected chi connectivity index (χ2v) is 3.98. The van der Waals surface area contributed by atoms with E-state index in [-0.39, 0.29) is 5.91 Å². The topological polar surface area (TPSA) is 62.1 Å². The maximum atomic E-state index is 11.9. The molecule has 1 atom stereocenters. The van der Waals surface area contributed by atoms with Gasteiger partial charge < -0.3 is 10.1 Å². The zero-order valence-corrected chi connectivity index (χ0v) is 10.3. The van der Waals surface area contributed by atoms with Gasteiger partial charge in [-0.05, 0) is 31.5 Å². The van der Waals surface area contributed by atoms with Gasteiger partial charge in [0.15, 0.2) is 0 Å². The number of ether oxygens (including phenoxy) is 1. The van der Waals surface area contributed by atoms with E-state index in [1.165, 1.54) is 0 Å². The van der Waals surface area contributed by atoms with Crippen molar-refractivity contribution in [3.8, 4) is 11.8 Å². The van der Waals surface area contributed by atoms with Gasteiger partial charge >= 0.3 is 0 Å². The first-order valence-electron chi connectivity index (χ1n) is 5.42. The molecule has 0 bridgehead atoms. The average molecular weight is 232 g/mol. The number of nitrogens with zero attached hydrogens (tertiary/aromatic N) is 1. The summed E-state index contributed by atoms with van der Waals surface area (Å²) in [6, 6.07) is 8.93. The van der Waals surface area contributed by atoms with Crippen LogP contribution in [0.5, 0.6) is 5.75 Å². The summed E-state index contributed by atoms with van der Waals surface area (Å²) in [5.41, 5.74) is -0.348. The molecular weight excluding hydrogens is 216 g/mol. The molecule has 0 saturated heterocycles. The number of hydrogen-bond acceptors (Lipinski definition) is 3. The predicted molar refractivity (Wildman–Crippen MR) is 64.8 cm³/mol. The normalized spacial score (nSPS) is 13.3. The molecule has 1 amide bonds. The van der Waals surface area contributed by atoms with Gasteiger partial charge in [-0.15, -0.1) is 0 Å². The number of hydrogen-bond donors (Lipinski definition) is 1. The van der Waals surface area contributed by atoms with Crippen LogP contribution in [0.2, 0.25) is 0 Å². The Morgan fingerprint density at radius 2 is 2.29 bits per heavy atom. The van der Waals surface area contributed by atoms with Crippen molar-refractivity contribution in [2.24, 2.45) is 0 Å². The number of amides is 1. The molecule has 1 N–H and O–H groups in total. The van der Waals surface area contributed by atoms with Gasteiger partial charge in [0.05, 0.1) is 13.2 Å². The van der Waals surface area contributed by atoms with Crippen LogP contribution < -0.4 is 10.1 Å². The Balaban J connectivity index is 2.87. The van der Waals surface area contributed by atoms with E-state index in [9.17, 15) is 4.79 Å². The minimum Gasteiger partial charge on any atom is -0.497 e. The Kier molecular flexibility index (Phi) is 4.11. The van der Waals surface area contributed by atoms with Crippen molar-refractivity contribution in [1.29, 1.82) is 5.26 Å². The number of carbonyl (C=O) groups is 1. The van der Waals surface area contributed by atoms with Crippen LogP contribution in [0.4, 0.5) is 0 Å². The molecule has 0 fully saturated rings. The number of rotatable bonds is 4. The van der Waals surface area contributed by atoms with Crippen molar-refractivity contribution in [1.82, 2.24) is 5.32 Å². The predicted octanol–water partition coefficient (Wildman–Crippen LogP) is 2.12. The highest BCUT2D eigenvalue weighted by atomic mass is 16.5. The second-order valence-electron chi connectivity index (χ2n) is 3.98. The van der Waals surface area contributed by atoms with Crippen LogP contribution in [0.1, 0.15) is 30.6 Å². The van der Waals surface area contributed by atoms with Crippen molar-refractivity contribution in [2.75, 3.05) is 7.11 Å². The summed E-state index contributed by atoms with van der Waals surface area (Å²) < 4.78 is 5.04. The minimum atomic E-state index is -0.833. The number of methoxy groups -OCH3 is 1. The van der Waals surface area contributed by atoms with E-state index < -0.39 is 5.54 Å². The van der Waals surface area contributed by atoms with E-state index in [0.29, 0.717) is 17.7 Å². The molecule has 1 aromatic rings. The summed E-state index contributed by atoms with van der Waals surface area (Å²) >= 11 is 0. The maximum absolute atomic E-state index is 11.9. The molecule has 0 aliphatic rings. The Labute approximate surface area is 101 Å². The summed E-state index contributed by atoms with van der Waals surface area (Å²) in [7, 11) is 1.54. The highest BCUT2D eigenvalue weighted by Gasteiger charge is 2.24. The largest absolute Gasteiger partial charge is 0.497 e. The van der Waals surface area contributed by atoms with E-state index in [1.54, 1.807) is 38.3 Å². The molecule has 4 heteroatoms. The van der Waals surface area contributed by atoms with Crippen LogP contribution in [-0.4, -0.2) is 18.6 Å². The van der Waals surface area contributed by atoms with E-state index in [0.717, 1.165) is 0 Å². The minimum absolute atomic E-state index is 0.269. The summed E-state index contributed by atoms with van der Waals surface area (Å²) in [6.45, 7) is 3.56. The lowest BCUT2D eigenvalue weighted by molar-refractivity contribution is 0.0922. The Morgan fingerprint density at radius 1 is 1.59 bits per heavy atom. The lowest BCUT2D eigenvalue weighted by Crippen LogP contribution is -2.44. The smallest absolute Gasteiger partial charge is 0.252 e. The first kappa shape index (κ1) is 13.0. The summed E-state index contributed by atoms with van der Waals surface area (Å²) in [5.74, 6) is 0.350. The van der Waals surface area contributed by atoms with Crippen LogP contribution in [0.3, 0.4) is 0 Å². The monoisotopic (exact) mass is 232 g/mol. The molecule has 0 saturated carbocycles. The van der Waals surface area contributed by atoms with Crippen molar-refractivity contribution in [2.45, 2.75) is 25.8 Å². The molecular formula is C13H16N2O2. The maximum Gasteiger partial charge on any atom is 0.252 e. The van der Waals surface area contributed by atoms with Crippen LogP contribution in [0.15, 0.2) is 24.3 Å². The highest BCUT2D eigenvalue weighted by molar-refractivity contribution is 5.95. The van der Waals surface area contributed by atoms with Gasteiger partial charge in [-0.2, -0.15) is 5.26 Å². The lowest BCUT2D eigenvalue weighted by Gasteiger charge is -2.21. The van der Waals surface area contributed by atoms with E-state index in [2.05, 4.69) is 11.4 Å². The lowest BCUT2D eigenvalue weighted by atomic mass is 10.0. The van der Waals surface area contributed by atoms with Gasteiger partial charge in [-0.3, -0.25) is 4.79 Å². The molecule has 17 heavy (non-hydrogen) atoms. The quantitative estimate of drug-likeness (QED) is 0.864. The first-order chi connectivity index (χ1) is 8.04. The Hall–Kier alpha value is -2.02. The van der Waals surface area contributed by atoms with Crippen LogP contribution in [0.25, 0.3) is 0 Å². The fourth-order valence-corrected chi connectivity index (χ4v) is 1.28. The molecule has 1 aromatic carbocycles. The SMILES string of the molecule is CCC(C)(C#N)NC(=O)c1cccc(OC)c1.